The number of piperazine rings is 1. The monoisotopic (exact) mass is 446 g/mol. The highest BCUT2D eigenvalue weighted by Gasteiger charge is 2.18. The quantitative estimate of drug-likeness (QED) is 0.630. The van der Waals surface area contributed by atoms with Gasteiger partial charge in [0, 0.05) is 44.1 Å². The van der Waals surface area contributed by atoms with Crippen LogP contribution in [-0.4, -0.2) is 51.1 Å². The number of hydrogen-bond acceptors (Lipinski definition) is 6. The van der Waals surface area contributed by atoms with E-state index in [4.69, 9.17) is 0 Å². The van der Waals surface area contributed by atoms with E-state index in [1.54, 1.807) is 34.9 Å². The highest BCUT2D eigenvalue weighted by Crippen LogP contribution is 2.25. The molecule has 4 rings (SSSR count). The Labute approximate surface area is 180 Å². The number of fused-ring (bicyclic) bond motifs is 1. The summed E-state index contributed by atoms with van der Waals surface area (Å²) in [7, 11) is -1.63. The summed E-state index contributed by atoms with van der Waals surface area (Å²) in [6, 6.07) is 12.3. The normalized spacial score (nSPS) is 15.6. The van der Waals surface area contributed by atoms with E-state index in [0.29, 0.717) is 16.9 Å². The molecule has 0 unspecified atom stereocenters. The summed E-state index contributed by atoms with van der Waals surface area (Å²) < 4.78 is 30.8. The van der Waals surface area contributed by atoms with Crippen molar-refractivity contribution in [3.05, 3.63) is 52.1 Å². The number of nitrogens with zero attached hydrogens (tertiary/aromatic N) is 3. The van der Waals surface area contributed by atoms with Gasteiger partial charge in [0.25, 0.3) is 10.0 Å². The minimum absolute atomic E-state index is 0.0612. The van der Waals surface area contributed by atoms with Crippen LogP contribution in [0.4, 0.5) is 11.4 Å². The molecule has 1 fully saturated rings. The van der Waals surface area contributed by atoms with E-state index < -0.39 is 10.0 Å². The molecule has 0 spiro atoms. The number of thiazole rings is 1. The van der Waals surface area contributed by atoms with Crippen LogP contribution in [0.1, 0.15) is 13.3 Å². The minimum Gasteiger partial charge on any atom is -0.369 e. The summed E-state index contributed by atoms with van der Waals surface area (Å²) in [5.41, 5.74) is 2.39. The fourth-order valence-corrected chi connectivity index (χ4v) is 5.78. The molecule has 2 heterocycles. The molecule has 1 aliphatic heterocycles. The predicted molar refractivity (Wildman–Crippen MR) is 123 cm³/mol. The van der Waals surface area contributed by atoms with Crippen LogP contribution >= 0.6 is 11.3 Å². The van der Waals surface area contributed by atoms with Crippen LogP contribution in [0.2, 0.25) is 0 Å². The molecular formula is C21H26N4O3S2. The summed E-state index contributed by atoms with van der Waals surface area (Å²) in [5, 5.41) is 0. The van der Waals surface area contributed by atoms with E-state index >= 15 is 0 Å². The first-order valence-corrected chi connectivity index (χ1v) is 12.4. The second kappa shape index (κ2) is 8.41. The van der Waals surface area contributed by atoms with Crippen molar-refractivity contribution in [1.29, 1.82) is 0 Å². The fourth-order valence-electron chi connectivity index (χ4n) is 3.67. The molecular weight excluding hydrogens is 420 g/mol. The zero-order valence-electron chi connectivity index (χ0n) is 17.2. The number of hydrogen-bond donors (Lipinski definition) is 1. The van der Waals surface area contributed by atoms with Crippen molar-refractivity contribution in [3.63, 3.8) is 0 Å². The third kappa shape index (κ3) is 4.23. The SMILES string of the molecule is CCCn1c(=O)sc2cc(S(=O)(=O)Nc3ccc(N4CCN(C)CC4)cc3)ccc21. The van der Waals surface area contributed by atoms with Gasteiger partial charge in [0.2, 0.25) is 0 Å². The summed E-state index contributed by atoms with van der Waals surface area (Å²) in [4.78, 5) is 16.9. The first-order chi connectivity index (χ1) is 14.4. The van der Waals surface area contributed by atoms with Gasteiger partial charge < -0.3 is 9.80 Å². The van der Waals surface area contributed by atoms with Crippen LogP contribution in [0.3, 0.4) is 0 Å². The number of likely N-dealkylation sites (N-methyl/N-ethyl adjacent to an activating group) is 1. The zero-order chi connectivity index (χ0) is 21.3. The Kier molecular flexibility index (Phi) is 5.86. The van der Waals surface area contributed by atoms with Gasteiger partial charge in [0.1, 0.15) is 0 Å². The van der Waals surface area contributed by atoms with Gasteiger partial charge in [-0.3, -0.25) is 14.1 Å². The second-order valence-corrected chi connectivity index (χ2v) is 10.3. The topological polar surface area (TPSA) is 74.6 Å². The number of anilines is 2. The molecule has 1 N–H and O–H groups in total. The first kappa shape index (κ1) is 20.9. The van der Waals surface area contributed by atoms with Crippen molar-refractivity contribution in [2.75, 3.05) is 42.8 Å². The molecule has 1 aromatic heterocycles. The van der Waals surface area contributed by atoms with Crippen LogP contribution in [0.15, 0.2) is 52.2 Å². The highest BCUT2D eigenvalue weighted by atomic mass is 32.2. The summed E-state index contributed by atoms with van der Waals surface area (Å²) in [5.74, 6) is 0. The molecule has 1 aliphatic rings. The Morgan fingerprint density at radius 3 is 2.40 bits per heavy atom. The molecule has 0 radical (unpaired) electrons. The molecule has 0 saturated carbocycles. The molecule has 0 atom stereocenters. The summed E-state index contributed by atoms with van der Waals surface area (Å²) in [6.07, 6.45) is 0.845. The molecule has 160 valence electrons. The number of benzene rings is 2. The third-order valence-corrected chi connectivity index (χ3v) is 7.71. The average Bonchev–Trinajstić information content (AvgIpc) is 3.04. The van der Waals surface area contributed by atoms with Gasteiger partial charge in [-0.1, -0.05) is 18.3 Å². The number of nitrogens with one attached hydrogen (secondary N) is 1. The molecule has 9 heteroatoms. The Bertz CT molecular complexity index is 1190. The number of aryl methyl sites for hydroxylation is 1. The van der Waals surface area contributed by atoms with Gasteiger partial charge in [-0.2, -0.15) is 0 Å². The molecule has 2 aromatic carbocycles. The van der Waals surface area contributed by atoms with Gasteiger partial charge >= 0.3 is 4.87 Å². The number of rotatable bonds is 6. The molecule has 0 aliphatic carbocycles. The van der Waals surface area contributed by atoms with E-state index in [1.165, 1.54) is 0 Å². The molecule has 7 nitrogen and oxygen atoms in total. The first-order valence-electron chi connectivity index (χ1n) is 10.1. The lowest BCUT2D eigenvalue weighted by molar-refractivity contribution is 0.313. The van der Waals surface area contributed by atoms with Crippen LogP contribution in [-0.2, 0) is 16.6 Å². The Balaban J connectivity index is 1.53. The maximum absolute atomic E-state index is 12.9. The Morgan fingerprint density at radius 2 is 1.73 bits per heavy atom. The van der Waals surface area contributed by atoms with Crippen molar-refractivity contribution >= 4 is 43.0 Å². The van der Waals surface area contributed by atoms with Crippen LogP contribution in [0.25, 0.3) is 10.2 Å². The minimum atomic E-state index is -3.74. The van der Waals surface area contributed by atoms with Gasteiger partial charge in [-0.15, -0.1) is 0 Å². The maximum atomic E-state index is 12.9. The Hall–Kier alpha value is -2.36. The van der Waals surface area contributed by atoms with Crippen LogP contribution < -0.4 is 14.5 Å². The van der Waals surface area contributed by atoms with Crippen molar-refractivity contribution in [3.8, 4) is 0 Å². The zero-order valence-corrected chi connectivity index (χ0v) is 18.8. The van der Waals surface area contributed by atoms with E-state index in [0.717, 1.165) is 55.1 Å². The molecule has 3 aromatic rings. The predicted octanol–water partition coefficient (Wildman–Crippen LogP) is 3.03. The summed E-state index contributed by atoms with van der Waals surface area (Å²) >= 11 is 1.08. The number of sulfonamides is 1. The van der Waals surface area contributed by atoms with Gasteiger partial charge in [-0.25, -0.2) is 8.42 Å². The van der Waals surface area contributed by atoms with E-state index in [9.17, 15) is 13.2 Å². The van der Waals surface area contributed by atoms with Crippen molar-refractivity contribution in [2.24, 2.45) is 0 Å². The van der Waals surface area contributed by atoms with Crippen LogP contribution in [0.5, 0.6) is 0 Å². The lowest BCUT2D eigenvalue weighted by atomic mass is 10.2. The molecule has 30 heavy (non-hydrogen) atoms. The fraction of sp³-hybridized carbons (Fsp3) is 0.381. The second-order valence-electron chi connectivity index (χ2n) is 7.59. The largest absolute Gasteiger partial charge is 0.369 e. The van der Waals surface area contributed by atoms with Gasteiger partial charge in [-0.05, 0) is 55.9 Å². The standard InChI is InChI=1S/C21H26N4O3S2/c1-3-10-25-19-9-8-18(15-20(19)29-21(25)26)30(27,28)22-16-4-6-17(7-5-16)24-13-11-23(2)12-14-24/h4-9,15,22H,3,10-14H2,1-2H3. The lowest BCUT2D eigenvalue weighted by Crippen LogP contribution is -2.44. The molecule has 0 bridgehead atoms. The van der Waals surface area contributed by atoms with Crippen molar-refractivity contribution in [2.45, 2.75) is 24.8 Å². The van der Waals surface area contributed by atoms with E-state index in [1.807, 2.05) is 19.1 Å². The van der Waals surface area contributed by atoms with Crippen molar-refractivity contribution in [1.82, 2.24) is 9.47 Å². The third-order valence-electron chi connectivity index (χ3n) is 5.39. The maximum Gasteiger partial charge on any atom is 0.308 e. The summed E-state index contributed by atoms with van der Waals surface area (Å²) in [6.45, 7) is 6.59. The average molecular weight is 447 g/mol. The van der Waals surface area contributed by atoms with E-state index in [-0.39, 0.29) is 9.77 Å². The van der Waals surface area contributed by atoms with Gasteiger partial charge in [0.05, 0.1) is 15.1 Å². The molecule has 0 amide bonds. The number of aromatic nitrogens is 1. The molecule has 1 saturated heterocycles. The van der Waals surface area contributed by atoms with E-state index in [2.05, 4.69) is 21.6 Å². The lowest BCUT2D eigenvalue weighted by Gasteiger charge is -2.34. The van der Waals surface area contributed by atoms with Crippen LogP contribution in [0, 0.1) is 0 Å². The highest BCUT2D eigenvalue weighted by molar-refractivity contribution is 7.92. The Morgan fingerprint density at radius 1 is 1.03 bits per heavy atom. The smallest absolute Gasteiger partial charge is 0.308 e. The van der Waals surface area contributed by atoms with Crippen molar-refractivity contribution < 1.29 is 8.42 Å². The van der Waals surface area contributed by atoms with Gasteiger partial charge in [0.15, 0.2) is 0 Å².